The molecule has 6 nitrogen and oxygen atoms in total. The van der Waals surface area contributed by atoms with Crippen molar-refractivity contribution >= 4 is 11.9 Å². The molecule has 1 amide bonds. The summed E-state index contributed by atoms with van der Waals surface area (Å²) in [5.74, 6) is -1.09. The molecule has 6 heteroatoms. The summed E-state index contributed by atoms with van der Waals surface area (Å²) < 4.78 is 5.08. The highest BCUT2D eigenvalue weighted by Crippen LogP contribution is 2.24. The van der Waals surface area contributed by atoms with E-state index >= 15 is 0 Å². The molecule has 2 atom stereocenters. The number of rotatable bonds is 3. The normalized spacial score (nSPS) is 23.1. The average molecular weight is 280 g/mol. The minimum Gasteiger partial charge on any atom is -0.481 e. The number of likely N-dealkylation sites (tertiary alicyclic amines) is 1. The molecule has 2 rings (SSSR count). The first-order valence-corrected chi connectivity index (χ1v) is 6.87. The van der Waals surface area contributed by atoms with Crippen molar-refractivity contribution in [2.75, 3.05) is 13.1 Å². The van der Waals surface area contributed by atoms with Crippen molar-refractivity contribution in [2.24, 2.45) is 11.8 Å². The van der Waals surface area contributed by atoms with E-state index in [1.54, 1.807) is 11.0 Å². The van der Waals surface area contributed by atoms with Crippen LogP contribution < -0.4 is 0 Å². The van der Waals surface area contributed by atoms with Gasteiger partial charge in [0.15, 0.2) is 0 Å². The Morgan fingerprint density at radius 3 is 2.70 bits per heavy atom. The Kier molecular flexibility index (Phi) is 4.11. The van der Waals surface area contributed by atoms with Crippen LogP contribution in [0.3, 0.4) is 0 Å². The van der Waals surface area contributed by atoms with Crippen molar-refractivity contribution in [1.82, 2.24) is 10.1 Å². The van der Waals surface area contributed by atoms with Gasteiger partial charge in [-0.1, -0.05) is 25.9 Å². The molecule has 0 spiro atoms. The fourth-order valence-corrected chi connectivity index (χ4v) is 2.51. The highest BCUT2D eigenvalue weighted by Gasteiger charge is 2.33. The molecule has 1 aliphatic rings. The van der Waals surface area contributed by atoms with Gasteiger partial charge in [-0.3, -0.25) is 9.59 Å². The summed E-state index contributed by atoms with van der Waals surface area (Å²) in [6, 6.07) is 1.64. The zero-order chi connectivity index (χ0) is 14.9. The van der Waals surface area contributed by atoms with Crippen molar-refractivity contribution in [1.29, 1.82) is 0 Å². The summed E-state index contributed by atoms with van der Waals surface area (Å²) in [6.07, 6.45) is 0.604. The Bertz CT molecular complexity index is 509. The minimum absolute atomic E-state index is 0.168. The van der Waals surface area contributed by atoms with E-state index in [-0.39, 0.29) is 30.0 Å². The molecule has 2 unspecified atom stereocenters. The number of piperidine rings is 1. The fourth-order valence-electron chi connectivity index (χ4n) is 2.51. The zero-order valence-electron chi connectivity index (χ0n) is 12.0. The van der Waals surface area contributed by atoms with Crippen molar-refractivity contribution in [3.8, 4) is 0 Å². The zero-order valence-corrected chi connectivity index (χ0v) is 12.0. The third kappa shape index (κ3) is 3.00. The molecule has 110 valence electrons. The molecule has 1 aromatic heterocycles. The van der Waals surface area contributed by atoms with E-state index in [1.807, 2.05) is 20.8 Å². The molecule has 0 radical (unpaired) electrons. The van der Waals surface area contributed by atoms with Gasteiger partial charge in [0.2, 0.25) is 5.76 Å². The summed E-state index contributed by atoms with van der Waals surface area (Å²) in [7, 11) is 0. The van der Waals surface area contributed by atoms with Gasteiger partial charge >= 0.3 is 5.97 Å². The number of hydrogen-bond donors (Lipinski definition) is 1. The predicted molar refractivity (Wildman–Crippen MR) is 71.4 cm³/mol. The summed E-state index contributed by atoms with van der Waals surface area (Å²) in [5.41, 5.74) is 0.730. The number of aromatic nitrogens is 1. The van der Waals surface area contributed by atoms with Crippen LogP contribution in [0, 0.1) is 11.8 Å². The Morgan fingerprint density at radius 1 is 1.45 bits per heavy atom. The molecule has 2 heterocycles. The molecule has 0 aromatic carbocycles. The highest BCUT2D eigenvalue weighted by molar-refractivity contribution is 5.92. The standard InChI is InChI=1S/C14H20N2O4/c1-8(2)11-5-12(20-15-11)13(17)16-6-9(3)4-10(7-16)14(18)19/h5,8-10H,4,6-7H2,1-3H3,(H,18,19). The molecule has 20 heavy (non-hydrogen) atoms. The number of hydrogen-bond acceptors (Lipinski definition) is 4. The van der Waals surface area contributed by atoms with E-state index in [0.717, 1.165) is 5.69 Å². The summed E-state index contributed by atoms with van der Waals surface area (Å²) in [5, 5.41) is 13.0. The number of aliphatic carboxylic acids is 1. The van der Waals surface area contributed by atoms with E-state index in [1.165, 1.54) is 0 Å². The van der Waals surface area contributed by atoms with Gasteiger partial charge in [-0.25, -0.2) is 0 Å². The van der Waals surface area contributed by atoms with Crippen LogP contribution in [0.5, 0.6) is 0 Å². The maximum Gasteiger partial charge on any atom is 0.308 e. The topological polar surface area (TPSA) is 83.6 Å². The second-order valence-corrected chi connectivity index (χ2v) is 5.86. The second kappa shape index (κ2) is 5.64. The average Bonchev–Trinajstić information content (AvgIpc) is 2.86. The van der Waals surface area contributed by atoms with E-state index in [2.05, 4.69) is 5.16 Å². The molecule has 1 saturated heterocycles. The van der Waals surface area contributed by atoms with Crippen LogP contribution in [0.2, 0.25) is 0 Å². The largest absolute Gasteiger partial charge is 0.481 e. The first-order chi connectivity index (χ1) is 9.38. The van der Waals surface area contributed by atoms with E-state index in [0.29, 0.717) is 13.0 Å². The monoisotopic (exact) mass is 280 g/mol. The number of amides is 1. The first kappa shape index (κ1) is 14.6. The van der Waals surface area contributed by atoms with Crippen LogP contribution >= 0.6 is 0 Å². The lowest BCUT2D eigenvalue weighted by Crippen LogP contribution is -2.45. The van der Waals surface area contributed by atoms with Gasteiger partial charge in [0.05, 0.1) is 11.6 Å². The van der Waals surface area contributed by atoms with E-state index < -0.39 is 11.9 Å². The maximum atomic E-state index is 12.3. The molecule has 1 aliphatic heterocycles. The number of nitrogens with zero attached hydrogens (tertiary/aromatic N) is 2. The molecule has 0 saturated carbocycles. The van der Waals surface area contributed by atoms with Crippen LogP contribution in [0.1, 0.15) is 49.4 Å². The summed E-state index contributed by atoms with van der Waals surface area (Å²) in [4.78, 5) is 25.0. The highest BCUT2D eigenvalue weighted by atomic mass is 16.5. The van der Waals surface area contributed by atoms with E-state index in [9.17, 15) is 9.59 Å². The van der Waals surface area contributed by atoms with Crippen molar-refractivity contribution in [2.45, 2.75) is 33.1 Å². The Morgan fingerprint density at radius 2 is 2.15 bits per heavy atom. The van der Waals surface area contributed by atoms with Crippen LogP contribution in [0.15, 0.2) is 10.6 Å². The van der Waals surface area contributed by atoms with Crippen LogP contribution in [0.25, 0.3) is 0 Å². The van der Waals surface area contributed by atoms with Gasteiger partial charge < -0.3 is 14.5 Å². The van der Waals surface area contributed by atoms with Gasteiger partial charge in [-0.15, -0.1) is 0 Å². The minimum atomic E-state index is -0.852. The quantitative estimate of drug-likeness (QED) is 0.915. The SMILES string of the molecule is CC1CC(C(=O)O)CN(C(=O)c2cc(C(C)C)no2)C1. The van der Waals surface area contributed by atoms with Gasteiger partial charge in [-0.05, 0) is 18.3 Å². The number of carbonyl (C=O) groups is 2. The molecule has 1 aromatic rings. The van der Waals surface area contributed by atoms with Crippen molar-refractivity contribution in [3.63, 3.8) is 0 Å². The number of carboxylic acids is 1. The van der Waals surface area contributed by atoms with Crippen molar-refractivity contribution < 1.29 is 19.2 Å². The lowest BCUT2D eigenvalue weighted by atomic mass is 9.90. The van der Waals surface area contributed by atoms with Gasteiger partial charge in [0, 0.05) is 19.2 Å². The summed E-state index contributed by atoms with van der Waals surface area (Å²) >= 11 is 0. The first-order valence-electron chi connectivity index (χ1n) is 6.87. The second-order valence-electron chi connectivity index (χ2n) is 5.86. The van der Waals surface area contributed by atoms with Crippen LogP contribution in [0.4, 0.5) is 0 Å². The molecule has 0 bridgehead atoms. The van der Waals surface area contributed by atoms with Gasteiger partial charge in [0.1, 0.15) is 0 Å². The predicted octanol–water partition coefficient (Wildman–Crippen LogP) is 1.98. The van der Waals surface area contributed by atoms with Crippen LogP contribution in [-0.2, 0) is 4.79 Å². The number of carbonyl (C=O) groups excluding carboxylic acids is 1. The van der Waals surface area contributed by atoms with Gasteiger partial charge in [-0.2, -0.15) is 0 Å². The van der Waals surface area contributed by atoms with E-state index in [4.69, 9.17) is 9.63 Å². The Labute approximate surface area is 117 Å². The maximum absolute atomic E-state index is 12.3. The summed E-state index contributed by atoms with van der Waals surface area (Å²) in [6.45, 7) is 6.68. The fraction of sp³-hybridized carbons (Fsp3) is 0.643. The molecule has 0 aliphatic carbocycles. The molecule has 1 fully saturated rings. The molecular weight excluding hydrogens is 260 g/mol. The third-order valence-corrected chi connectivity index (χ3v) is 3.63. The molecular formula is C14H20N2O4. The van der Waals surface area contributed by atoms with Crippen LogP contribution in [-0.4, -0.2) is 40.1 Å². The number of carboxylic acid groups (broad SMARTS) is 1. The third-order valence-electron chi connectivity index (χ3n) is 3.63. The lowest BCUT2D eigenvalue weighted by Gasteiger charge is -2.33. The van der Waals surface area contributed by atoms with Gasteiger partial charge in [0.25, 0.3) is 5.91 Å². The smallest absolute Gasteiger partial charge is 0.308 e. The Hall–Kier alpha value is -1.85. The Balaban J connectivity index is 2.12. The lowest BCUT2D eigenvalue weighted by molar-refractivity contribution is -0.143. The van der Waals surface area contributed by atoms with Crippen molar-refractivity contribution in [3.05, 3.63) is 17.5 Å². The molecule has 1 N–H and O–H groups in total.